The quantitative estimate of drug-likeness (QED) is 0.793. The van der Waals surface area contributed by atoms with Crippen LogP contribution in [0.25, 0.3) is 0 Å². The molecule has 0 radical (unpaired) electrons. The molecule has 1 N–H and O–H groups in total. The fourth-order valence-corrected chi connectivity index (χ4v) is 4.15. The van der Waals surface area contributed by atoms with Crippen LogP contribution in [0.1, 0.15) is 20.3 Å². The minimum atomic E-state index is -1.36. The second kappa shape index (κ2) is 5.10. The Hall–Kier alpha value is -1.86. The van der Waals surface area contributed by atoms with Crippen LogP contribution in [0.5, 0.6) is 0 Å². The van der Waals surface area contributed by atoms with Crippen molar-refractivity contribution in [2.24, 2.45) is 5.92 Å². The largest absolute Gasteiger partial charge is 0.543 e. The Kier molecular flexibility index (Phi) is 3.49. The number of carboxylic acid groups (broad SMARTS) is 1. The number of aliphatic carboxylic acids is 1. The van der Waals surface area contributed by atoms with Gasteiger partial charge in [0.25, 0.3) is 0 Å². The Morgan fingerprint density at radius 1 is 1.45 bits per heavy atom. The van der Waals surface area contributed by atoms with Gasteiger partial charge < -0.3 is 19.9 Å². The Morgan fingerprint density at radius 2 is 2.09 bits per heavy atom. The summed E-state index contributed by atoms with van der Waals surface area (Å²) in [5.41, 5.74) is -1.25. The lowest BCUT2D eigenvalue weighted by molar-refractivity contribution is -0.301. The number of rotatable bonds is 4. The van der Waals surface area contributed by atoms with Gasteiger partial charge >= 0.3 is 0 Å². The van der Waals surface area contributed by atoms with Crippen LogP contribution in [0, 0.1) is 5.92 Å². The number of β-lactam (4-membered cyclic amide) rings is 1. The maximum Gasteiger partial charge on any atom is 0.235 e. The number of carbonyl (C=O) groups is 2. The molecule has 116 valence electrons. The SMILES string of the molecule is CC(C)(O)[C@H]1C(=O)N2C(C(=O)[O-])=C(Sc3ccncc3)C[C@H]12. The van der Waals surface area contributed by atoms with Gasteiger partial charge in [0.05, 0.1) is 29.2 Å². The number of amides is 1. The number of carbonyl (C=O) groups excluding carboxylic acids is 2. The van der Waals surface area contributed by atoms with Crippen molar-refractivity contribution in [2.45, 2.75) is 36.8 Å². The molecule has 2 aliphatic heterocycles. The van der Waals surface area contributed by atoms with Crippen LogP contribution in [0.4, 0.5) is 0 Å². The van der Waals surface area contributed by atoms with E-state index in [1.54, 1.807) is 38.4 Å². The van der Waals surface area contributed by atoms with E-state index in [0.29, 0.717) is 11.3 Å². The standard InChI is InChI=1S/C15H16N2O4S/c1-15(2,21)11-9-7-10(22-8-3-5-16-6-4-8)12(14(19)20)17(9)13(11)18/h3-6,9,11,21H,7H2,1-2H3,(H,19,20)/p-1/t9-,11-/m1/s1. The second-order valence-electron chi connectivity index (χ2n) is 5.96. The average Bonchev–Trinajstić information content (AvgIpc) is 2.72. The summed E-state index contributed by atoms with van der Waals surface area (Å²) < 4.78 is 0. The number of fused-ring (bicyclic) bond motifs is 1. The van der Waals surface area contributed by atoms with E-state index in [1.165, 1.54) is 16.7 Å². The maximum absolute atomic E-state index is 12.2. The predicted molar refractivity (Wildman–Crippen MR) is 77.2 cm³/mol. The highest BCUT2D eigenvalue weighted by molar-refractivity contribution is 8.03. The number of nitrogens with zero attached hydrogens (tertiary/aromatic N) is 2. The molecule has 2 aliphatic rings. The van der Waals surface area contributed by atoms with Crippen LogP contribution in [-0.2, 0) is 9.59 Å². The van der Waals surface area contributed by atoms with E-state index in [4.69, 9.17) is 0 Å². The number of aliphatic hydroxyl groups is 1. The zero-order chi connectivity index (χ0) is 16.1. The Morgan fingerprint density at radius 3 is 2.64 bits per heavy atom. The average molecular weight is 319 g/mol. The molecule has 1 aromatic rings. The summed E-state index contributed by atoms with van der Waals surface area (Å²) in [6.45, 7) is 3.14. The fourth-order valence-electron chi connectivity index (χ4n) is 3.07. The molecule has 0 spiro atoms. The molecule has 3 heterocycles. The number of pyridine rings is 1. The fraction of sp³-hybridized carbons (Fsp3) is 0.400. The van der Waals surface area contributed by atoms with Gasteiger partial charge in [-0.05, 0) is 26.0 Å². The van der Waals surface area contributed by atoms with E-state index in [9.17, 15) is 19.8 Å². The number of hydrogen-bond donors (Lipinski definition) is 1. The number of aromatic nitrogens is 1. The van der Waals surface area contributed by atoms with Gasteiger partial charge in [-0.25, -0.2) is 0 Å². The summed E-state index contributed by atoms with van der Waals surface area (Å²) >= 11 is 1.29. The Bertz CT molecular complexity index is 666. The Balaban J connectivity index is 1.91. The van der Waals surface area contributed by atoms with Crippen molar-refractivity contribution in [3.63, 3.8) is 0 Å². The zero-order valence-electron chi connectivity index (χ0n) is 12.1. The van der Waals surface area contributed by atoms with E-state index in [1.807, 2.05) is 0 Å². The molecule has 1 aromatic heterocycles. The maximum atomic E-state index is 12.2. The minimum absolute atomic E-state index is 0.0719. The van der Waals surface area contributed by atoms with Gasteiger partial charge in [0, 0.05) is 28.6 Å². The lowest BCUT2D eigenvalue weighted by atomic mass is 9.76. The first-order valence-electron chi connectivity index (χ1n) is 6.88. The lowest BCUT2D eigenvalue weighted by Crippen LogP contribution is -2.65. The van der Waals surface area contributed by atoms with Crippen LogP contribution in [-0.4, -0.2) is 38.5 Å². The summed E-state index contributed by atoms with van der Waals surface area (Å²) in [4.78, 5) is 30.3. The molecule has 0 aliphatic carbocycles. The molecule has 1 amide bonds. The molecule has 0 bridgehead atoms. The van der Waals surface area contributed by atoms with Gasteiger partial charge in [-0.15, -0.1) is 0 Å². The van der Waals surface area contributed by atoms with E-state index in [0.717, 1.165) is 4.90 Å². The van der Waals surface area contributed by atoms with Crippen molar-refractivity contribution in [2.75, 3.05) is 0 Å². The van der Waals surface area contributed by atoms with Crippen LogP contribution in [0.15, 0.2) is 40.0 Å². The van der Waals surface area contributed by atoms with Crippen molar-refractivity contribution in [3.05, 3.63) is 35.1 Å². The molecule has 2 atom stereocenters. The van der Waals surface area contributed by atoms with Gasteiger partial charge in [0.15, 0.2) is 0 Å². The molecule has 3 rings (SSSR count). The molecule has 1 saturated heterocycles. The minimum Gasteiger partial charge on any atom is -0.543 e. The normalized spacial score (nSPS) is 24.3. The van der Waals surface area contributed by atoms with Crippen molar-refractivity contribution >= 4 is 23.6 Å². The summed E-state index contributed by atoms with van der Waals surface area (Å²) in [5.74, 6) is -2.30. The summed E-state index contributed by atoms with van der Waals surface area (Å²) in [6, 6.07) is 3.23. The van der Waals surface area contributed by atoms with Crippen molar-refractivity contribution in [1.82, 2.24) is 9.88 Å². The van der Waals surface area contributed by atoms with Gasteiger partial charge in [-0.2, -0.15) is 0 Å². The Labute approximate surface area is 131 Å². The number of thioether (sulfide) groups is 1. The number of hydrogen-bond acceptors (Lipinski definition) is 6. The highest BCUT2D eigenvalue weighted by Crippen LogP contribution is 2.50. The van der Waals surface area contributed by atoms with Gasteiger partial charge in [-0.1, -0.05) is 11.8 Å². The van der Waals surface area contributed by atoms with Crippen LogP contribution in [0.2, 0.25) is 0 Å². The first kappa shape index (κ1) is 15.1. The lowest BCUT2D eigenvalue weighted by Gasteiger charge is -2.49. The second-order valence-corrected chi connectivity index (χ2v) is 7.12. The monoisotopic (exact) mass is 319 g/mol. The van der Waals surface area contributed by atoms with Gasteiger partial charge in [0.1, 0.15) is 0 Å². The van der Waals surface area contributed by atoms with Crippen molar-refractivity contribution in [1.29, 1.82) is 0 Å². The van der Waals surface area contributed by atoms with E-state index >= 15 is 0 Å². The zero-order valence-corrected chi connectivity index (χ0v) is 13.0. The summed E-state index contributed by atoms with van der Waals surface area (Å²) in [6.07, 6.45) is 3.66. The third kappa shape index (κ3) is 2.30. The molecule has 7 heteroatoms. The molecule has 0 unspecified atom stereocenters. The third-order valence-corrected chi connectivity index (χ3v) is 5.08. The summed E-state index contributed by atoms with van der Waals surface area (Å²) in [5, 5.41) is 21.6. The van der Waals surface area contributed by atoms with Crippen molar-refractivity contribution < 1.29 is 19.8 Å². The van der Waals surface area contributed by atoms with Gasteiger partial charge in [0.2, 0.25) is 5.91 Å². The smallest absolute Gasteiger partial charge is 0.235 e. The highest BCUT2D eigenvalue weighted by Gasteiger charge is 2.58. The van der Waals surface area contributed by atoms with E-state index < -0.39 is 17.5 Å². The third-order valence-electron chi connectivity index (χ3n) is 3.96. The topological polar surface area (TPSA) is 93.6 Å². The number of carboxylic acids is 1. The summed E-state index contributed by atoms with van der Waals surface area (Å²) in [7, 11) is 0. The molecule has 22 heavy (non-hydrogen) atoms. The van der Waals surface area contributed by atoms with Crippen molar-refractivity contribution in [3.8, 4) is 0 Å². The first-order valence-corrected chi connectivity index (χ1v) is 7.70. The van der Waals surface area contributed by atoms with Gasteiger partial charge in [-0.3, -0.25) is 9.78 Å². The van der Waals surface area contributed by atoms with Crippen LogP contribution in [0.3, 0.4) is 0 Å². The highest BCUT2D eigenvalue weighted by atomic mass is 32.2. The molecule has 0 saturated carbocycles. The predicted octanol–water partition coefficient (Wildman–Crippen LogP) is 0.137. The molecular formula is C15H15N2O4S-. The van der Waals surface area contributed by atoms with E-state index in [-0.39, 0.29) is 17.6 Å². The van der Waals surface area contributed by atoms with E-state index in [2.05, 4.69) is 4.98 Å². The molecular weight excluding hydrogens is 304 g/mol. The molecule has 6 nitrogen and oxygen atoms in total. The first-order chi connectivity index (χ1) is 10.3. The molecule has 1 fully saturated rings. The van der Waals surface area contributed by atoms with Crippen LogP contribution < -0.4 is 5.11 Å². The molecule has 0 aromatic carbocycles. The van der Waals surface area contributed by atoms with Crippen LogP contribution >= 0.6 is 11.8 Å².